The topological polar surface area (TPSA) is 43.8 Å². The van der Waals surface area contributed by atoms with Crippen molar-refractivity contribution in [3.63, 3.8) is 0 Å². The van der Waals surface area contributed by atoms with Crippen LogP contribution >= 0.6 is 11.3 Å². The molecule has 4 heteroatoms. The van der Waals surface area contributed by atoms with Crippen LogP contribution in [0.3, 0.4) is 0 Å². The highest BCUT2D eigenvalue weighted by Gasteiger charge is 2.11. The van der Waals surface area contributed by atoms with E-state index in [1.807, 2.05) is 17.9 Å². The monoisotopic (exact) mass is 271 g/mol. The average molecular weight is 271 g/mol. The van der Waals surface area contributed by atoms with Crippen molar-refractivity contribution in [1.29, 1.82) is 0 Å². The van der Waals surface area contributed by atoms with E-state index >= 15 is 0 Å². The first-order chi connectivity index (χ1) is 9.24. The number of hydrogen-bond donors (Lipinski definition) is 1. The van der Waals surface area contributed by atoms with E-state index in [0.29, 0.717) is 0 Å². The lowest BCUT2D eigenvalue weighted by atomic mass is 10.1. The maximum Gasteiger partial charge on any atom is 0.0492 e. The molecule has 2 aromatic heterocycles. The van der Waals surface area contributed by atoms with E-state index in [2.05, 4.69) is 41.5 Å². The summed E-state index contributed by atoms with van der Waals surface area (Å²) in [4.78, 5) is 1.27. The minimum Gasteiger partial charge on any atom is -0.323 e. The van der Waals surface area contributed by atoms with E-state index in [4.69, 9.17) is 5.73 Å². The van der Waals surface area contributed by atoms with E-state index in [-0.39, 0.29) is 6.04 Å². The van der Waals surface area contributed by atoms with Crippen molar-refractivity contribution in [3.05, 3.63) is 53.2 Å². The van der Waals surface area contributed by atoms with Crippen LogP contribution in [0.2, 0.25) is 0 Å². The van der Waals surface area contributed by atoms with Gasteiger partial charge >= 0.3 is 0 Å². The van der Waals surface area contributed by atoms with E-state index < -0.39 is 0 Å². The molecule has 0 aliphatic carbocycles. The third-order valence-electron chi connectivity index (χ3n) is 3.44. The highest BCUT2D eigenvalue weighted by molar-refractivity contribution is 7.19. The fourth-order valence-electron chi connectivity index (χ4n) is 2.28. The molecule has 3 rings (SSSR count). The Morgan fingerprint density at radius 1 is 1.32 bits per heavy atom. The van der Waals surface area contributed by atoms with Crippen LogP contribution in [-0.4, -0.2) is 9.78 Å². The third-order valence-corrected chi connectivity index (χ3v) is 4.69. The Bertz CT molecular complexity index is 650. The molecular weight excluding hydrogens is 254 g/mol. The third kappa shape index (κ3) is 2.55. The van der Waals surface area contributed by atoms with Crippen molar-refractivity contribution in [2.24, 2.45) is 12.8 Å². The summed E-state index contributed by atoms with van der Waals surface area (Å²) in [5, 5.41) is 5.47. The zero-order valence-corrected chi connectivity index (χ0v) is 11.7. The van der Waals surface area contributed by atoms with Crippen LogP contribution in [-0.2, 0) is 13.5 Å². The molecule has 2 heterocycles. The molecule has 0 saturated carbocycles. The van der Waals surface area contributed by atoms with Gasteiger partial charge in [-0.05, 0) is 36.4 Å². The van der Waals surface area contributed by atoms with Gasteiger partial charge < -0.3 is 5.73 Å². The van der Waals surface area contributed by atoms with Gasteiger partial charge in [-0.25, -0.2) is 0 Å². The second kappa shape index (κ2) is 5.15. The average Bonchev–Trinajstić information content (AvgIpc) is 3.01. The van der Waals surface area contributed by atoms with Gasteiger partial charge in [0.1, 0.15) is 0 Å². The quantitative estimate of drug-likeness (QED) is 0.791. The summed E-state index contributed by atoms with van der Waals surface area (Å²) in [5.74, 6) is 0. The lowest BCUT2D eigenvalue weighted by Crippen LogP contribution is -2.10. The standard InChI is InChI=1S/C15H17N3S/c1-18-12(8-9-17-18)6-7-13(16)15-10-11-4-2-3-5-14(11)19-15/h2-5,8-10,13H,6-7,16H2,1H3. The Morgan fingerprint density at radius 3 is 2.89 bits per heavy atom. The number of aromatic nitrogens is 2. The molecule has 0 bridgehead atoms. The maximum atomic E-state index is 6.31. The molecule has 0 saturated heterocycles. The van der Waals surface area contributed by atoms with Crippen molar-refractivity contribution < 1.29 is 0 Å². The first kappa shape index (κ1) is 12.4. The van der Waals surface area contributed by atoms with Gasteiger partial charge in [-0.15, -0.1) is 11.3 Å². The Balaban J connectivity index is 1.73. The van der Waals surface area contributed by atoms with Crippen molar-refractivity contribution in [1.82, 2.24) is 9.78 Å². The maximum absolute atomic E-state index is 6.31. The van der Waals surface area contributed by atoms with Gasteiger partial charge in [0.2, 0.25) is 0 Å². The molecule has 0 aliphatic rings. The summed E-state index contributed by atoms with van der Waals surface area (Å²) < 4.78 is 3.23. The van der Waals surface area contributed by atoms with Crippen LogP contribution in [0.1, 0.15) is 23.0 Å². The van der Waals surface area contributed by atoms with Gasteiger partial charge in [-0.2, -0.15) is 5.10 Å². The fraction of sp³-hybridized carbons (Fsp3) is 0.267. The summed E-state index contributed by atoms with van der Waals surface area (Å²) in [6, 6.07) is 12.8. The molecule has 0 aliphatic heterocycles. The number of aryl methyl sites for hydroxylation is 2. The Kier molecular flexibility index (Phi) is 3.36. The molecule has 1 atom stereocenters. The molecule has 0 amide bonds. The molecule has 0 radical (unpaired) electrons. The normalized spacial score (nSPS) is 12.9. The number of benzene rings is 1. The Labute approximate surface area is 116 Å². The first-order valence-electron chi connectivity index (χ1n) is 6.45. The summed E-state index contributed by atoms with van der Waals surface area (Å²) in [6.07, 6.45) is 3.75. The zero-order valence-electron chi connectivity index (χ0n) is 10.9. The van der Waals surface area contributed by atoms with E-state index in [9.17, 15) is 0 Å². The number of fused-ring (bicyclic) bond motifs is 1. The molecular formula is C15H17N3S. The van der Waals surface area contributed by atoms with Crippen LogP contribution in [0.4, 0.5) is 0 Å². The summed E-state index contributed by atoms with van der Waals surface area (Å²) in [7, 11) is 1.97. The smallest absolute Gasteiger partial charge is 0.0492 e. The van der Waals surface area contributed by atoms with E-state index in [0.717, 1.165) is 12.8 Å². The molecule has 0 spiro atoms. The van der Waals surface area contributed by atoms with Crippen LogP contribution in [0.5, 0.6) is 0 Å². The van der Waals surface area contributed by atoms with Gasteiger partial charge in [0.05, 0.1) is 0 Å². The van der Waals surface area contributed by atoms with Gasteiger partial charge in [0.15, 0.2) is 0 Å². The van der Waals surface area contributed by atoms with Crippen molar-refractivity contribution in [2.75, 3.05) is 0 Å². The minimum atomic E-state index is 0.104. The molecule has 2 N–H and O–H groups in total. The molecule has 1 aromatic carbocycles. The van der Waals surface area contributed by atoms with Crippen LogP contribution in [0, 0.1) is 0 Å². The van der Waals surface area contributed by atoms with Crippen LogP contribution < -0.4 is 5.73 Å². The second-order valence-electron chi connectivity index (χ2n) is 4.78. The molecule has 0 fully saturated rings. The van der Waals surface area contributed by atoms with Gasteiger partial charge in [0.25, 0.3) is 0 Å². The number of hydrogen-bond acceptors (Lipinski definition) is 3. The van der Waals surface area contributed by atoms with Crippen molar-refractivity contribution in [2.45, 2.75) is 18.9 Å². The summed E-state index contributed by atoms with van der Waals surface area (Å²) in [5.41, 5.74) is 7.54. The molecule has 98 valence electrons. The van der Waals surface area contributed by atoms with E-state index in [1.165, 1.54) is 20.7 Å². The molecule has 3 aromatic rings. The summed E-state index contributed by atoms with van der Waals surface area (Å²) >= 11 is 1.80. The van der Waals surface area contributed by atoms with Crippen molar-refractivity contribution in [3.8, 4) is 0 Å². The van der Waals surface area contributed by atoms with Crippen LogP contribution in [0.15, 0.2) is 42.6 Å². The van der Waals surface area contributed by atoms with Gasteiger partial charge in [0, 0.05) is 34.6 Å². The number of nitrogens with two attached hydrogens (primary N) is 1. The molecule has 1 unspecified atom stereocenters. The lowest BCUT2D eigenvalue weighted by molar-refractivity contribution is 0.620. The van der Waals surface area contributed by atoms with E-state index in [1.54, 1.807) is 11.3 Å². The first-order valence-corrected chi connectivity index (χ1v) is 7.26. The van der Waals surface area contributed by atoms with Crippen LogP contribution in [0.25, 0.3) is 10.1 Å². The lowest BCUT2D eigenvalue weighted by Gasteiger charge is -2.09. The number of rotatable bonds is 4. The number of nitrogens with zero attached hydrogens (tertiary/aromatic N) is 2. The molecule has 19 heavy (non-hydrogen) atoms. The minimum absolute atomic E-state index is 0.104. The largest absolute Gasteiger partial charge is 0.323 e. The van der Waals surface area contributed by atoms with Gasteiger partial charge in [-0.1, -0.05) is 18.2 Å². The van der Waals surface area contributed by atoms with Crippen molar-refractivity contribution >= 4 is 21.4 Å². The highest BCUT2D eigenvalue weighted by atomic mass is 32.1. The Hall–Kier alpha value is -1.65. The Morgan fingerprint density at radius 2 is 2.16 bits per heavy atom. The fourth-order valence-corrected chi connectivity index (χ4v) is 3.38. The highest BCUT2D eigenvalue weighted by Crippen LogP contribution is 2.30. The molecule has 3 nitrogen and oxygen atoms in total. The second-order valence-corrected chi connectivity index (χ2v) is 5.89. The number of thiophene rings is 1. The SMILES string of the molecule is Cn1nccc1CCC(N)c1cc2ccccc2s1. The van der Waals surface area contributed by atoms with Gasteiger partial charge in [-0.3, -0.25) is 4.68 Å². The zero-order chi connectivity index (χ0) is 13.2. The predicted octanol–water partition coefficient (Wildman–Crippen LogP) is 3.27. The predicted molar refractivity (Wildman–Crippen MR) is 80.3 cm³/mol. The summed E-state index contributed by atoms with van der Waals surface area (Å²) in [6.45, 7) is 0.